The summed E-state index contributed by atoms with van der Waals surface area (Å²) in [6.45, 7) is 9.59. The van der Waals surface area contributed by atoms with Gasteiger partial charge < -0.3 is 0 Å². The molecule has 0 saturated carbocycles. The summed E-state index contributed by atoms with van der Waals surface area (Å²) >= 11 is 0. The Hall–Kier alpha value is -1.30. The minimum absolute atomic E-state index is 0.941. The fraction of sp³-hybridized carbons (Fsp3) is 0.167. The summed E-state index contributed by atoms with van der Waals surface area (Å²) < 4.78 is 0. The Morgan fingerprint density at radius 3 is 2.33 bits per heavy atom. The van der Waals surface area contributed by atoms with Crippen LogP contribution in [0.25, 0.3) is 5.57 Å². The topological polar surface area (TPSA) is 0 Å². The lowest BCUT2D eigenvalue weighted by atomic mass is 10.1. The van der Waals surface area contributed by atoms with E-state index in [2.05, 4.69) is 37.4 Å². The molecule has 0 atom stereocenters. The van der Waals surface area contributed by atoms with Gasteiger partial charge in [-0.15, -0.1) is 6.58 Å². The Morgan fingerprint density at radius 1 is 1.33 bits per heavy atom. The van der Waals surface area contributed by atoms with Crippen LogP contribution in [-0.2, 0) is 6.42 Å². The largest absolute Gasteiger partial charge is 0.103 e. The van der Waals surface area contributed by atoms with Crippen LogP contribution in [0.5, 0.6) is 0 Å². The van der Waals surface area contributed by atoms with E-state index in [-0.39, 0.29) is 0 Å². The van der Waals surface area contributed by atoms with Gasteiger partial charge in [-0.3, -0.25) is 0 Å². The first kappa shape index (κ1) is 8.79. The van der Waals surface area contributed by atoms with Crippen LogP contribution >= 0.6 is 0 Å². The first-order valence-electron chi connectivity index (χ1n) is 4.09. The van der Waals surface area contributed by atoms with Gasteiger partial charge >= 0.3 is 0 Å². The maximum absolute atomic E-state index is 3.88. The number of hydrogen-bond donors (Lipinski definition) is 0. The smallest absolute Gasteiger partial charge is 0.0100 e. The predicted molar refractivity (Wildman–Crippen MR) is 55.1 cm³/mol. The Balaban J connectivity index is 2.85. The summed E-state index contributed by atoms with van der Waals surface area (Å²) in [6.07, 6.45) is 2.85. The van der Waals surface area contributed by atoms with E-state index in [1.807, 2.05) is 13.0 Å². The van der Waals surface area contributed by atoms with Crippen LogP contribution in [0, 0.1) is 0 Å². The van der Waals surface area contributed by atoms with Gasteiger partial charge in [-0.1, -0.05) is 42.5 Å². The van der Waals surface area contributed by atoms with Crippen LogP contribution in [0.15, 0.2) is 43.5 Å². The normalized spacial score (nSPS) is 9.42. The van der Waals surface area contributed by atoms with Crippen molar-refractivity contribution in [1.29, 1.82) is 0 Å². The van der Waals surface area contributed by atoms with Gasteiger partial charge in [-0.2, -0.15) is 0 Å². The third-order valence-corrected chi connectivity index (χ3v) is 1.83. The van der Waals surface area contributed by atoms with Crippen molar-refractivity contribution in [3.05, 3.63) is 54.6 Å². The first-order valence-corrected chi connectivity index (χ1v) is 4.09. The van der Waals surface area contributed by atoms with Crippen LogP contribution in [0.2, 0.25) is 0 Å². The second-order valence-electron chi connectivity index (χ2n) is 2.97. The minimum atomic E-state index is 0.941. The highest BCUT2D eigenvalue weighted by Crippen LogP contribution is 2.12. The Bertz CT molecular complexity index is 277. The molecule has 0 nitrogen and oxygen atoms in total. The van der Waals surface area contributed by atoms with Crippen LogP contribution in [0.4, 0.5) is 0 Å². The van der Waals surface area contributed by atoms with Crippen molar-refractivity contribution < 1.29 is 0 Å². The second-order valence-corrected chi connectivity index (χ2v) is 2.97. The van der Waals surface area contributed by atoms with Gasteiger partial charge in [0, 0.05) is 0 Å². The Kier molecular flexibility index (Phi) is 2.87. The molecule has 0 aliphatic carbocycles. The molecule has 1 aromatic carbocycles. The van der Waals surface area contributed by atoms with E-state index in [1.54, 1.807) is 0 Å². The Labute approximate surface area is 74.2 Å². The van der Waals surface area contributed by atoms with E-state index in [0.29, 0.717) is 0 Å². The molecule has 0 radical (unpaired) electrons. The lowest BCUT2D eigenvalue weighted by Crippen LogP contribution is -1.82. The van der Waals surface area contributed by atoms with Gasteiger partial charge in [0.05, 0.1) is 0 Å². The van der Waals surface area contributed by atoms with Crippen LogP contribution in [0.1, 0.15) is 18.1 Å². The fourth-order valence-electron chi connectivity index (χ4n) is 1.09. The zero-order valence-electron chi connectivity index (χ0n) is 7.51. The van der Waals surface area contributed by atoms with E-state index in [4.69, 9.17) is 0 Å². The van der Waals surface area contributed by atoms with Crippen LogP contribution in [-0.4, -0.2) is 0 Å². The highest BCUT2D eigenvalue weighted by Gasteiger charge is 1.92. The maximum Gasteiger partial charge on any atom is -0.0100 e. The number of rotatable bonds is 3. The molecule has 0 fully saturated rings. The molecule has 1 aromatic rings. The van der Waals surface area contributed by atoms with Gasteiger partial charge in [0.25, 0.3) is 0 Å². The number of hydrogen-bond acceptors (Lipinski definition) is 0. The Morgan fingerprint density at radius 2 is 1.92 bits per heavy atom. The summed E-state index contributed by atoms with van der Waals surface area (Å²) in [7, 11) is 0. The average molecular weight is 158 g/mol. The summed E-state index contributed by atoms with van der Waals surface area (Å²) in [4.78, 5) is 0. The summed E-state index contributed by atoms with van der Waals surface area (Å²) in [5.74, 6) is 0. The predicted octanol–water partition coefficient (Wildman–Crippen LogP) is 3.45. The maximum atomic E-state index is 3.88. The molecule has 0 N–H and O–H groups in total. The zero-order chi connectivity index (χ0) is 8.97. The summed E-state index contributed by atoms with van der Waals surface area (Å²) in [6, 6.07) is 8.43. The van der Waals surface area contributed by atoms with E-state index in [1.165, 1.54) is 11.1 Å². The molecule has 0 bridgehead atoms. The molecule has 0 heterocycles. The van der Waals surface area contributed by atoms with Crippen molar-refractivity contribution in [2.24, 2.45) is 0 Å². The van der Waals surface area contributed by atoms with Crippen molar-refractivity contribution in [2.75, 3.05) is 0 Å². The summed E-state index contributed by atoms with van der Waals surface area (Å²) in [5.41, 5.74) is 3.62. The molecular formula is C12H14. The van der Waals surface area contributed by atoms with Gasteiger partial charge in [0.15, 0.2) is 0 Å². The van der Waals surface area contributed by atoms with Crippen LogP contribution < -0.4 is 0 Å². The van der Waals surface area contributed by atoms with E-state index < -0.39 is 0 Å². The monoisotopic (exact) mass is 158 g/mol. The first-order chi connectivity index (χ1) is 5.74. The van der Waals surface area contributed by atoms with Crippen molar-refractivity contribution in [2.45, 2.75) is 13.3 Å². The lowest BCUT2D eigenvalue weighted by Gasteiger charge is -2.00. The van der Waals surface area contributed by atoms with Crippen LogP contribution in [0.3, 0.4) is 0 Å². The molecule has 12 heavy (non-hydrogen) atoms. The number of allylic oxidation sites excluding steroid dienone is 2. The van der Waals surface area contributed by atoms with Crippen molar-refractivity contribution in [3.8, 4) is 0 Å². The minimum Gasteiger partial charge on any atom is -0.103 e. The molecule has 62 valence electrons. The molecule has 0 amide bonds. The molecule has 0 aliphatic rings. The van der Waals surface area contributed by atoms with Crippen molar-refractivity contribution in [1.82, 2.24) is 0 Å². The zero-order valence-corrected chi connectivity index (χ0v) is 7.51. The molecule has 1 rings (SSSR count). The van der Waals surface area contributed by atoms with E-state index in [9.17, 15) is 0 Å². The molecule has 0 aromatic heterocycles. The van der Waals surface area contributed by atoms with Crippen molar-refractivity contribution >= 4 is 5.57 Å². The quantitative estimate of drug-likeness (QED) is 0.591. The van der Waals surface area contributed by atoms with Gasteiger partial charge in [0.2, 0.25) is 0 Å². The molecule has 0 aliphatic heterocycles. The third-order valence-electron chi connectivity index (χ3n) is 1.83. The molecular weight excluding hydrogens is 144 g/mol. The average Bonchev–Trinajstić information content (AvgIpc) is 2.06. The van der Waals surface area contributed by atoms with E-state index in [0.717, 1.165) is 12.0 Å². The second kappa shape index (κ2) is 3.91. The summed E-state index contributed by atoms with van der Waals surface area (Å²) in [5, 5.41) is 0. The SMILES string of the molecule is C=CCc1ccc(C(=C)C)cc1. The van der Waals surface area contributed by atoms with Gasteiger partial charge in [0.1, 0.15) is 0 Å². The lowest BCUT2D eigenvalue weighted by molar-refractivity contribution is 1.27. The highest BCUT2D eigenvalue weighted by atomic mass is 14.0. The number of benzene rings is 1. The highest BCUT2D eigenvalue weighted by molar-refractivity contribution is 5.61. The molecule has 0 spiro atoms. The fourth-order valence-corrected chi connectivity index (χ4v) is 1.09. The van der Waals surface area contributed by atoms with E-state index >= 15 is 0 Å². The van der Waals surface area contributed by atoms with Crippen molar-refractivity contribution in [3.63, 3.8) is 0 Å². The van der Waals surface area contributed by atoms with Gasteiger partial charge in [-0.05, 0) is 24.5 Å². The molecule has 0 heteroatoms. The molecule has 0 saturated heterocycles. The molecule has 0 unspecified atom stereocenters. The van der Waals surface area contributed by atoms with Gasteiger partial charge in [-0.25, -0.2) is 0 Å². The third kappa shape index (κ3) is 2.09. The standard InChI is InChI=1S/C12H14/c1-4-5-11-6-8-12(9-7-11)10(2)3/h4,6-9H,1-2,5H2,3H3.